The van der Waals surface area contributed by atoms with Gasteiger partial charge in [0.25, 0.3) is 0 Å². The molecule has 1 aromatic carbocycles. The van der Waals surface area contributed by atoms with Crippen molar-refractivity contribution in [3.63, 3.8) is 0 Å². The molecule has 6 nitrogen and oxygen atoms in total. The fourth-order valence-corrected chi connectivity index (χ4v) is 2.18. The van der Waals surface area contributed by atoms with Crippen LogP contribution in [0.15, 0.2) is 18.2 Å². The Morgan fingerprint density at radius 1 is 1.58 bits per heavy atom. The van der Waals surface area contributed by atoms with Crippen LogP contribution in [-0.2, 0) is 9.53 Å². The maximum Gasteiger partial charge on any atom is 0.245 e. The summed E-state index contributed by atoms with van der Waals surface area (Å²) in [5.41, 5.74) is 8.20. The number of nitrogens with one attached hydrogen (secondary N) is 1. The Balaban J connectivity index is 2.11. The van der Waals surface area contributed by atoms with E-state index in [9.17, 15) is 9.90 Å². The van der Waals surface area contributed by atoms with Gasteiger partial charge < -0.3 is 25.8 Å². The number of aliphatic hydroxyl groups is 1. The first-order valence-electron chi connectivity index (χ1n) is 6.11. The Hall–Kier alpha value is -1.63. The van der Waals surface area contributed by atoms with Crippen molar-refractivity contribution >= 4 is 17.3 Å². The van der Waals surface area contributed by atoms with Crippen LogP contribution in [0.4, 0.5) is 11.4 Å². The van der Waals surface area contributed by atoms with Crippen molar-refractivity contribution in [2.45, 2.75) is 12.1 Å². The molecule has 2 unspecified atom stereocenters. The summed E-state index contributed by atoms with van der Waals surface area (Å²) in [5, 5.41) is 12.4. The average Bonchev–Trinajstić information content (AvgIpc) is 2.65. The van der Waals surface area contributed by atoms with E-state index in [2.05, 4.69) is 5.32 Å². The molecule has 2 atom stereocenters. The molecule has 1 aliphatic heterocycles. The van der Waals surface area contributed by atoms with E-state index in [1.807, 2.05) is 30.1 Å². The van der Waals surface area contributed by atoms with E-state index in [1.165, 1.54) is 0 Å². The third kappa shape index (κ3) is 2.86. The summed E-state index contributed by atoms with van der Waals surface area (Å²) >= 11 is 0. The first kappa shape index (κ1) is 13.8. The van der Waals surface area contributed by atoms with E-state index in [-0.39, 0.29) is 12.5 Å². The number of amides is 1. The molecule has 1 aliphatic rings. The van der Waals surface area contributed by atoms with E-state index >= 15 is 0 Å². The van der Waals surface area contributed by atoms with E-state index in [1.54, 1.807) is 7.11 Å². The monoisotopic (exact) mass is 265 g/mol. The van der Waals surface area contributed by atoms with Gasteiger partial charge in [-0.05, 0) is 12.1 Å². The summed E-state index contributed by atoms with van der Waals surface area (Å²) < 4.78 is 4.89. The fraction of sp³-hybridized carbons (Fsp3) is 0.462. The summed E-state index contributed by atoms with van der Waals surface area (Å²) in [4.78, 5) is 13.4. The Kier molecular flexibility index (Phi) is 4.04. The molecule has 2 rings (SSSR count). The molecular weight excluding hydrogens is 246 g/mol. The number of aliphatic hydroxyl groups excluding tert-OH is 1. The molecule has 0 aromatic heterocycles. The molecule has 1 amide bonds. The van der Waals surface area contributed by atoms with Crippen LogP contribution in [0, 0.1) is 0 Å². The lowest BCUT2D eigenvalue weighted by Crippen LogP contribution is -2.31. The third-order valence-corrected chi connectivity index (χ3v) is 3.20. The topological polar surface area (TPSA) is 87.8 Å². The maximum absolute atomic E-state index is 11.5. The van der Waals surface area contributed by atoms with Crippen LogP contribution < -0.4 is 16.0 Å². The number of benzene rings is 1. The van der Waals surface area contributed by atoms with Crippen LogP contribution in [0.5, 0.6) is 0 Å². The molecule has 4 N–H and O–H groups in total. The normalized spacial score (nSPS) is 18.9. The fourth-order valence-electron chi connectivity index (χ4n) is 2.18. The summed E-state index contributed by atoms with van der Waals surface area (Å²) in [7, 11) is 3.42. The summed E-state index contributed by atoms with van der Waals surface area (Å²) in [6.45, 7) is 0.740. The van der Waals surface area contributed by atoms with Gasteiger partial charge in [-0.3, -0.25) is 4.79 Å². The molecule has 0 radical (unpaired) electrons. The average molecular weight is 265 g/mol. The molecule has 104 valence electrons. The third-order valence-electron chi connectivity index (χ3n) is 3.20. The molecule has 1 aromatic rings. The number of anilines is 2. The molecule has 6 heteroatoms. The predicted molar refractivity (Wildman–Crippen MR) is 73.2 cm³/mol. The summed E-state index contributed by atoms with van der Waals surface area (Å²) in [6, 6.07) is 5.00. The second kappa shape index (κ2) is 5.56. The standard InChI is InChI=1S/C13H19N3O3/c1-16(6-9(17)7-19-2)8-3-4-10-11(5-8)15-13(18)12(10)14/h3-5,9,12,17H,6-7,14H2,1-2H3,(H,15,18). The quantitative estimate of drug-likeness (QED) is 0.702. The minimum absolute atomic E-state index is 0.186. The molecule has 0 saturated carbocycles. The van der Waals surface area contributed by atoms with Gasteiger partial charge in [0.05, 0.1) is 12.7 Å². The van der Waals surface area contributed by atoms with Crippen LogP contribution in [0.3, 0.4) is 0 Å². The Labute approximate surface area is 112 Å². The number of hydrogen-bond acceptors (Lipinski definition) is 5. The number of likely N-dealkylation sites (N-methyl/N-ethyl adjacent to an activating group) is 1. The summed E-state index contributed by atoms with van der Waals surface area (Å²) in [6.07, 6.45) is -0.555. The number of hydrogen-bond donors (Lipinski definition) is 3. The first-order chi connectivity index (χ1) is 9.02. The lowest BCUT2D eigenvalue weighted by Gasteiger charge is -2.23. The molecule has 19 heavy (non-hydrogen) atoms. The molecule has 0 spiro atoms. The molecular formula is C13H19N3O3. The van der Waals surface area contributed by atoms with Crippen molar-refractivity contribution in [2.24, 2.45) is 5.73 Å². The van der Waals surface area contributed by atoms with Crippen molar-refractivity contribution in [3.05, 3.63) is 23.8 Å². The zero-order chi connectivity index (χ0) is 14.0. The van der Waals surface area contributed by atoms with Gasteiger partial charge in [0.1, 0.15) is 6.04 Å². The zero-order valence-corrected chi connectivity index (χ0v) is 11.1. The minimum atomic E-state index is -0.589. The number of nitrogens with two attached hydrogens (primary N) is 1. The Morgan fingerprint density at radius 3 is 3.00 bits per heavy atom. The van der Waals surface area contributed by atoms with Gasteiger partial charge in [0.2, 0.25) is 5.91 Å². The van der Waals surface area contributed by atoms with Crippen molar-refractivity contribution in [2.75, 3.05) is 37.5 Å². The highest BCUT2D eigenvalue weighted by Gasteiger charge is 2.27. The number of carbonyl (C=O) groups excluding carboxylic acids is 1. The number of ether oxygens (including phenoxy) is 1. The second-order valence-electron chi connectivity index (χ2n) is 4.73. The first-order valence-corrected chi connectivity index (χ1v) is 6.11. The predicted octanol–water partition coefficient (Wildman–Crippen LogP) is 0.0820. The van der Waals surface area contributed by atoms with Crippen molar-refractivity contribution in [3.8, 4) is 0 Å². The highest BCUT2D eigenvalue weighted by Crippen LogP contribution is 2.32. The van der Waals surface area contributed by atoms with Crippen LogP contribution in [-0.4, -0.2) is 44.4 Å². The van der Waals surface area contributed by atoms with E-state index in [0.717, 1.165) is 16.9 Å². The lowest BCUT2D eigenvalue weighted by atomic mass is 10.1. The smallest absolute Gasteiger partial charge is 0.245 e. The van der Waals surface area contributed by atoms with Crippen LogP contribution in [0.2, 0.25) is 0 Å². The number of nitrogens with zero attached hydrogens (tertiary/aromatic N) is 1. The highest BCUT2D eigenvalue weighted by atomic mass is 16.5. The lowest BCUT2D eigenvalue weighted by molar-refractivity contribution is -0.116. The van der Waals surface area contributed by atoms with Gasteiger partial charge in [-0.2, -0.15) is 0 Å². The van der Waals surface area contributed by atoms with Crippen molar-refractivity contribution < 1.29 is 14.6 Å². The SMILES string of the molecule is COCC(O)CN(C)c1ccc2c(c1)NC(=O)C2N. The largest absolute Gasteiger partial charge is 0.389 e. The van der Waals surface area contributed by atoms with Gasteiger partial charge >= 0.3 is 0 Å². The second-order valence-corrected chi connectivity index (χ2v) is 4.73. The maximum atomic E-state index is 11.5. The molecule has 0 aliphatic carbocycles. The number of rotatable bonds is 5. The van der Waals surface area contributed by atoms with E-state index in [0.29, 0.717) is 6.54 Å². The van der Waals surface area contributed by atoms with Crippen LogP contribution >= 0.6 is 0 Å². The van der Waals surface area contributed by atoms with Gasteiger partial charge in [-0.15, -0.1) is 0 Å². The van der Waals surface area contributed by atoms with Crippen molar-refractivity contribution in [1.29, 1.82) is 0 Å². The van der Waals surface area contributed by atoms with Gasteiger partial charge in [0, 0.05) is 37.6 Å². The number of fused-ring (bicyclic) bond motifs is 1. The Morgan fingerprint density at radius 2 is 2.32 bits per heavy atom. The van der Waals surface area contributed by atoms with Gasteiger partial charge in [-0.1, -0.05) is 6.07 Å². The van der Waals surface area contributed by atoms with E-state index < -0.39 is 12.1 Å². The van der Waals surface area contributed by atoms with Gasteiger partial charge in [-0.25, -0.2) is 0 Å². The molecule has 0 fully saturated rings. The van der Waals surface area contributed by atoms with Crippen LogP contribution in [0.25, 0.3) is 0 Å². The zero-order valence-electron chi connectivity index (χ0n) is 11.1. The minimum Gasteiger partial charge on any atom is -0.389 e. The van der Waals surface area contributed by atoms with Crippen molar-refractivity contribution in [1.82, 2.24) is 0 Å². The molecule has 0 bridgehead atoms. The molecule has 0 saturated heterocycles. The highest BCUT2D eigenvalue weighted by molar-refractivity contribution is 6.02. The molecule has 1 heterocycles. The number of methoxy groups -OCH3 is 1. The summed E-state index contributed by atoms with van der Waals surface area (Å²) in [5.74, 6) is -0.186. The van der Waals surface area contributed by atoms with E-state index in [4.69, 9.17) is 10.5 Å². The Bertz CT molecular complexity index is 478. The van der Waals surface area contributed by atoms with Crippen LogP contribution in [0.1, 0.15) is 11.6 Å². The number of carbonyl (C=O) groups is 1. The van der Waals surface area contributed by atoms with Gasteiger partial charge in [0.15, 0.2) is 0 Å².